The maximum absolute atomic E-state index is 13.7. The molecule has 1 N–H and O–H groups in total. The molecule has 0 saturated heterocycles. The van der Waals surface area contributed by atoms with Crippen LogP contribution in [-0.4, -0.2) is 24.5 Å². The van der Waals surface area contributed by atoms with Crippen LogP contribution < -0.4 is 4.72 Å². The maximum Gasteiger partial charge on any atom is 0.409 e. The third-order valence-electron chi connectivity index (χ3n) is 4.10. The molecule has 28 heavy (non-hydrogen) atoms. The van der Waals surface area contributed by atoms with Gasteiger partial charge in [-0.1, -0.05) is 39.4 Å². The average Bonchev–Trinajstić information content (AvgIpc) is 3.11. The van der Waals surface area contributed by atoms with Gasteiger partial charge in [0.15, 0.2) is 11.0 Å². The van der Waals surface area contributed by atoms with Crippen molar-refractivity contribution < 1.29 is 17.4 Å². The number of thiazole rings is 1. The Kier molecular flexibility index (Phi) is 5.79. The molecular weight excluding hydrogens is 475 g/mol. The summed E-state index contributed by atoms with van der Waals surface area (Å²) in [6, 6.07) is 5.52. The number of imidazole rings is 1. The van der Waals surface area contributed by atoms with Crippen molar-refractivity contribution in [2.24, 2.45) is 0 Å². The Morgan fingerprint density at radius 2 is 1.82 bits per heavy atom. The van der Waals surface area contributed by atoms with E-state index < -0.39 is 28.0 Å². The zero-order valence-corrected chi connectivity index (χ0v) is 18.8. The zero-order chi connectivity index (χ0) is 20.9. The van der Waals surface area contributed by atoms with Crippen molar-refractivity contribution in [2.45, 2.75) is 44.7 Å². The van der Waals surface area contributed by atoms with Crippen LogP contribution in [0, 0.1) is 6.92 Å². The fourth-order valence-corrected chi connectivity index (χ4v) is 4.89. The van der Waals surface area contributed by atoms with Gasteiger partial charge in [0.1, 0.15) is 0 Å². The zero-order valence-electron chi connectivity index (χ0n) is 15.6. The first-order valence-electron chi connectivity index (χ1n) is 8.37. The fourth-order valence-electron chi connectivity index (χ4n) is 2.55. The second-order valence-electron chi connectivity index (χ2n) is 7.31. The molecule has 2 atom stereocenters. The minimum atomic E-state index is -4.58. The van der Waals surface area contributed by atoms with E-state index in [1.54, 1.807) is 38.3 Å². The Morgan fingerprint density at radius 3 is 2.32 bits per heavy atom. The maximum atomic E-state index is 13.7. The standard InChI is InChI=1S/C18H19BrF3N3OS2/c1-10-14(15(18(20,21)22)24-28(26)17(2,3)4)27-16-23-13(9-25(10)16)11-5-7-12(19)8-6-11/h5-9,15,24H,1-4H3/t15-,28-/m0/s1. The normalized spacial score (nSPS) is 15.1. The van der Waals surface area contributed by atoms with Gasteiger partial charge in [0.2, 0.25) is 0 Å². The van der Waals surface area contributed by atoms with Crippen LogP contribution in [0.4, 0.5) is 13.2 Å². The van der Waals surface area contributed by atoms with Gasteiger partial charge in [0.25, 0.3) is 0 Å². The lowest BCUT2D eigenvalue weighted by Crippen LogP contribution is -2.41. The van der Waals surface area contributed by atoms with E-state index in [9.17, 15) is 17.4 Å². The number of hydrogen-bond acceptors (Lipinski definition) is 3. The second-order valence-corrected chi connectivity index (χ2v) is 11.2. The third-order valence-corrected chi connectivity index (χ3v) is 7.42. The van der Waals surface area contributed by atoms with E-state index in [1.165, 1.54) is 0 Å². The lowest BCUT2D eigenvalue weighted by Gasteiger charge is -2.25. The summed E-state index contributed by atoms with van der Waals surface area (Å²) in [5, 5.41) is 0. The quantitative estimate of drug-likeness (QED) is 0.499. The van der Waals surface area contributed by atoms with Crippen LogP contribution in [0.3, 0.4) is 0 Å². The molecule has 152 valence electrons. The summed E-state index contributed by atoms with van der Waals surface area (Å²) < 4.78 is 57.5. The molecule has 0 aliphatic rings. The van der Waals surface area contributed by atoms with Gasteiger partial charge in [-0.25, -0.2) is 13.9 Å². The second kappa shape index (κ2) is 7.55. The number of alkyl halides is 3. The predicted octanol–water partition coefficient (Wildman–Crippen LogP) is 5.79. The molecule has 1 aromatic carbocycles. The molecule has 0 aliphatic heterocycles. The predicted molar refractivity (Wildman–Crippen MR) is 111 cm³/mol. The van der Waals surface area contributed by atoms with Crippen LogP contribution in [0.15, 0.2) is 34.9 Å². The fraction of sp³-hybridized carbons (Fsp3) is 0.389. The minimum Gasteiger partial charge on any atom is -0.294 e. The van der Waals surface area contributed by atoms with Gasteiger partial charge in [-0.2, -0.15) is 13.2 Å². The average molecular weight is 494 g/mol. The van der Waals surface area contributed by atoms with Crippen molar-refractivity contribution in [1.82, 2.24) is 14.1 Å². The Morgan fingerprint density at radius 1 is 1.21 bits per heavy atom. The first-order chi connectivity index (χ1) is 12.9. The molecular formula is C18H19BrF3N3OS2. The van der Waals surface area contributed by atoms with Gasteiger partial charge < -0.3 is 0 Å². The number of nitrogens with one attached hydrogen (secondary N) is 1. The first-order valence-corrected chi connectivity index (χ1v) is 11.1. The van der Waals surface area contributed by atoms with E-state index in [1.807, 2.05) is 24.3 Å². The number of rotatable bonds is 4. The van der Waals surface area contributed by atoms with E-state index in [0.29, 0.717) is 16.3 Å². The Balaban J connectivity index is 2.01. The summed E-state index contributed by atoms with van der Waals surface area (Å²) >= 11 is 4.33. The molecule has 0 radical (unpaired) electrons. The summed E-state index contributed by atoms with van der Waals surface area (Å²) in [4.78, 5) is 5.01. The monoisotopic (exact) mass is 493 g/mol. The van der Waals surface area contributed by atoms with Crippen molar-refractivity contribution in [2.75, 3.05) is 0 Å². The highest BCUT2D eigenvalue weighted by Crippen LogP contribution is 2.40. The van der Waals surface area contributed by atoms with Crippen LogP contribution >= 0.6 is 27.3 Å². The highest BCUT2D eigenvalue weighted by atomic mass is 79.9. The Labute approximate surface area is 175 Å². The third kappa shape index (κ3) is 4.34. The molecule has 3 aromatic rings. The van der Waals surface area contributed by atoms with Crippen molar-refractivity contribution in [3.05, 3.63) is 45.5 Å². The number of halogens is 4. The van der Waals surface area contributed by atoms with Crippen LogP contribution in [0.25, 0.3) is 16.2 Å². The summed E-state index contributed by atoms with van der Waals surface area (Å²) in [6.45, 7) is 6.50. The van der Waals surface area contributed by atoms with Gasteiger partial charge in [-0.05, 0) is 39.8 Å². The molecule has 4 nitrogen and oxygen atoms in total. The number of fused-ring (bicyclic) bond motifs is 1. The van der Waals surface area contributed by atoms with E-state index in [0.717, 1.165) is 21.4 Å². The van der Waals surface area contributed by atoms with Crippen molar-refractivity contribution >= 4 is 43.2 Å². The van der Waals surface area contributed by atoms with Crippen molar-refractivity contribution in [3.63, 3.8) is 0 Å². The van der Waals surface area contributed by atoms with E-state index >= 15 is 0 Å². The van der Waals surface area contributed by atoms with E-state index in [2.05, 4.69) is 25.6 Å². The molecule has 0 saturated carbocycles. The van der Waals surface area contributed by atoms with Gasteiger partial charge >= 0.3 is 6.18 Å². The lowest BCUT2D eigenvalue weighted by atomic mass is 10.2. The minimum absolute atomic E-state index is 0.0648. The molecule has 0 spiro atoms. The Bertz CT molecular complexity index is 1020. The molecule has 10 heteroatoms. The van der Waals surface area contributed by atoms with Crippen molar-refractivity contribution in [3.8, 4) is 11.3 Å². The molecule has 3 rings (SSSR count). The van der Waals surface area contributed by atoms with Gasteiger partial charge in [0.05, 0.1) is 26.3 Å². The number of nitrogens with zero attached hydrogens (tertiary/aromatic N) is 2. The van der Waals surface area contributed by atoms with Crippen LogP contribution in [0.1, 0.15) is 37.4 Å². The molecule has 0 bridgehead atoms. The van der Waals surface area contributed by atoms with E-state index in [4.69, 9.17) is 0 Å². The summed E-state index contributed by atoms with van der Waals surface area (Å²) in [6.07, 6.45) is -2.86. The SMILES string of the molecule is Cc1c([C@H](N[S@@](=O)C(C)(C)C)C(F)(F)F)sc2nc(-c3ccc(Br)cc3)cn12. The molecule has 2 aromatic heterocycles. The molecule has 0 aliphatic carbocycles. The molecule has 2 heterocycles. The Hall–Kier alpha value is -1.23. The highest BCUT2D eigenvalue weighted by Gasteiger charge is 2.45. The molecule has 0 fully saturated rings. The van der Waals surface area contributed by atoms with Crippen LogP contribution in [-0.2, 0) is 11.0 Å². The van der Waals surface area contributed by atoms with Gasteiger partial charge in [-0.3, -0.25) is 4.40 Å². The van der Waals surface area contributed by atoms with Crippen LogP contribution in [0.2, 0.25) is 0 Å². The van der Waals surface area contributed by atoms with Crippen molar-refractivity contribution in [1.29, 1.82) is 0 Å². The number of aromatic nitrogens is 2. The first kappa shape index (κ1) is 21.5. The molecule has 0 amide bonds. The van der Waals surface area contributed by atoms with E-state index in [-0.39, 0.29) is 4.88 Å². The van der Waals surface area contributed by atoms with Crippen LogP contribution in [0.5, 0.6) is 0 Å². The smallest absolute Gasteiger partial charge is 0.294 e. The van der Waals surface area contributed by atoms with Gasteiger partial charge in [-0.15, -0.1) is 0 Å². The van der Waals surface area contributed by atoms with Gasteiger partial charge in [0, 0.05) is 21.9 Å². The number of benzene rings is 1. The summed E-state index contributed by atoms with van der Waals surface area (Å²) in [7, 11) is -1.87. The largest absolute Gasteiger partial charge is 0.409 e. The molecule has 0 unspecified atom stereocenters. The number of aryl methyl sites for hydroxylation is 1. The summed E-state index contributed by atoms with van der Waals surface area (Å²) in [5.41, 5.74) is 1.99. The lowest BCUT2D eigenvalue weighted by molar-refractivity contribution is -0.152. The number of hydrogen-bond donors (Lipinski definition) is 1. The highest BCUT2D eigenvalue weighted by molar-refractivity contribution is 9.10. The topological polar surface area (TPSA) is 46.4 Å². The summed E-state index contributed by atoms with van der Waals surface area (Å²) in [5.74, 6) is 0.